The third kappa shape index (κ3) is 7.15. The summed E-state index contributed by atoms with van der Waals surface area (Å²) < 4.78 is 5.07. The highest BCUT2D eigenvalue weighted by Gasteiger charge is 2.17. The van der Waals surface area contributed by atoms with Gasteiger partial charge in [-0.3, -0.25) is 9.59 Å². The maximum absolute atomic E-state index is 12.0. The third-order valence-corrected chi connectivity index (χ3v) is 3.69. The van der Waals surface area contributed by atoms with E-state index in [2.05, 4.69) is 24.5 Å². The number of methoxy groups -OCH3 is 1. The van der Waals surface area contributed by atoms with Crippen LogP contribution in [0.15, 0.2) is 24.3 Å². The summed E-state index contributed by atoms with van der Waals surface area (Å²) in [5, 5.41) is 5.75. The molecule has 0 aliphatic carbocycles. The topological polar surface area (TPSA) is 71.9 Å². The van der Waals surface area contributed by atoms with Gasteiger partial charge in [-0.05, 0) is 37.1 Å². The van der Waals surface area contributed by atoms with Crippen LogP contribution in [0.1, 0.15) is 20.8 Å². The standard InChI is InChI=1S/C17H27N3O3/c1-12(2)13(3)18-16(21)10-20(4)11-17(22)19-14-6-8-15(23-5)9-7-14/h6-9,12-13H,10-11H2,1-5H3,(H,18,21)(H,19,22)/p+1/t13-/m0/s1. The molecule has 0 aromatic heterocycles. The average Bonchev–Trinajstić information content (AvgIpc) is 2.47. The molecule has 23 heavy (non-hydrogen) atoms. The zero-order valence-electron chi connectivity index (χ0n) is 14.6. The van der Waals surface area contributed by atoms with Gasteiger partial charge in [0.2, 0.25) is 0 Å². The summed E-state index contributed by atoms with van der Waals surface area (Å²) in [7, 11) is 3.42. The van der Waals surface area contributed by atoms with Crippen molar-refractivity contribution in [2.45, 2.75) is 26.8 Å². The Labute approximate surface area is 138 Å². The van der Waals surface area contributed by atoms with E-state index in [1.54, 1.807) is 31.4 Å². The maximum Gasteiger partial charge on any atom is 0.279 e. The number of quaternary nitrogens is 1. The zero-order valence-corrected chi connectivity index (χ0v) is 14.6. The number of rotatable bonds is 8. The van der Waals surface area contributed by atoms with Gasteiger partial charge in [0.1, 0.15) is 5.75 Å². The van der Waals surface area contributed by atoms with Gasteiger partial charge < -0.3 is 20.3 Å². The lowest BCUT2D eigenvalue weighted by molar-refractivity contribution is -0.862. The van der Waals surface area contributed by atoms with Gasteiger partial charge in [-0.15, -0.1) is 0 Å². The van der Waals surface area contributed by atoms with Crippen molar-refractivity contribution in [2.24, 2.45) is 5.92 Å². The minimum atomic E-state index is -0.127. The summed E-state index contributed by atoms with van der Waals surface area (Å²) >= 11 is 0. The van der Waals surface area contributed by atoms with E-state index in [9.17, 15) is 9.59 Å². The van der Waals surface area contributed by atoms with Crippen LogP contribution in [-0.2, 0) is 9.59 Å². The minimum Gasteiger partial charge on any atom is -0.497 e. The summed E-state index contributed by atoms with van der Waals surface area (Å²) in [5.41, 5.74) is 0.710. The molecule has 1 aromatic carbocycles. The van der Waals surface area contributed by atoms with Crippen LogP contribution in [0, 0.1) is 5.92 Å². The Morgan fingerprint density at radius 1 is 1.09 bits per heavy atom. The molecule has 1 rings (SSSR count). The molecule has 0 heterocycles. The molecule has 0 aliphatic rings. The number of hydrogen-bond acceptors (Lipinski definition) is 3. The average molecular weight is 322 g/mol. The lowest BCUT2D eigenvalue weighted by Crippen LogP contribution is -3.11. The molecule has 128 valence electrons. The number of carbonyl (C=O) groups excluding carboxylic acids is 2. The summed E-state index contributed by atoms with van der Waals surface area (Å²) in [6.07, 6.45) is 0. The monoisotopic (exact) mass is 322 g/mol. The van der Waals surface area contributed by atoms with E-state index in [4.69, 9.17) is 4.74 Å². The van der Waals surface area contributed by atoms with Gasteiger partial charge in [-0.25, -0.2) is 0 Å². The molecule has 0 spiro atoms. The number of ether oxygens (including phenoxy) is 1. The fourth-order valence-corrected chi connectivity index (χ4v) is 1.96. The lowest BCUT2D eigenvalue weighted by atomic mass is 10.1. The number of benzene rings is 1. The molecule has 2 amide bonds. The van der Waals surface area contributed by atoms with E-state index in [1.807, 2.05) is 14.0 Å². The highest BCUT2D eigenvalue weighted by atomic mass is 16.5. The molecule has 0 saturated carbocycles. The van der Waals surface area contributed by atoms with Gasteiger partial charge in [-0.1, -0.05) is 13.8 Å². The highest BCUT2D eigenvalue weighted by molar-refractivity contribution is 5.91. The summed E-state index contributed by atoms with van der Waals surface area (Å²) in [6.45, 7) is 6.60. The molecule has 3 N–H and O–H groups in total. The Morgan fingerprint density at radius 2 is 1.65 bits per heavy atom. The van der Waals surface area contributed by atoms with Crippen LogP contribution in [0.4, 0.5) is 5.69 Å². The molecule has 0 radical (unpaired) electrons. The van der Waals surface area contributed by atoms with Crippen LogP contribution in [0.5, 0.6) is 5.75 Å². The van der Waals surface area contributed by atoms with E-state index < -0.39 is 0 Å². The minimum absolute atomic E-state index is 0.0408. The molecule has 2 atom stereocenters. The van der Waals surface area contributed by atoms with Crippen molar-refractivity contribution in [3.05, 3.63) is 24.3 Å². The number of hydrogen-bond donors (Lipinski definition) is 3. The van der Waals surface area contributed by atoms with Gasteiger partial charge in [-0.2, -0.15) is 0 Å². The van der Waals surface area contributed by atoms with Crippen molar-refractivity contribution in [2.75, 3.05) is 32.6 Å². The Kier molecular flexibility index (Phi) is 7.54. The molecule has 6 heteroatoms. The van der Waals surface area contributed by atoms with Crippen molar-refractivity contribution < 1.29 is 19.2 Å². The molecule has 6 nitrogen and oxygen atoms in total. The van der Waals surface area contributed by atoms with Crippen molar-refractivity contribution >= 4 is 17.5 Å². The number of likely N-dealkylation sites (N-methyl/N-ethyl adjacent to an activating group) is 1. The molecular weight excluding hydrogens is 294 g/mol. The number of carbonyl (C=O) groups is 2. The van der Waals surface area contributed by atoms with Crippen molar-refractivity contribution in [3.63, 3.8) is 0 Å². The second kappa shape index (κ2) is 9.15. The molecular formula is C17H28N3O3+. The van der Waals surface area contributed by atoms with Gasteiger partial charge in [0.25, 0.3) is 11.8 Å². The van der Waals surface area contributed by atoms with Crippen LogP contribution in [0.3, 0.4) is 0 Å². The van der Waals surface area contributed by atoms with Crippen LogP contribution >= 0.6 is 0 Å². The van der Waals surface area contributed by atoms with Crippen LogP contribution < -0.4 is 20.3 Å². The van der Waals surface area contributed by atoms with E-state index in [-0.39, 0.29) is 30.9 Å². The van der Waals surface area contributed by atoms with E-state index in [0.717, 1.165) is 10.6 Å². The van der Waals surface area contributed by atoms with E-state index in [1.165, 1.54) is 0 Å². The summed E-state index contributed by atoms with van der Waals surface area (Å²) in [5.74, 6) is 0.956. The maximum atomic E-state index is 12.0. The van der Waals surface area contributed by atoms with Crippen molar-refractivity contribution in [3.8, 4) is 5.75 Å². The summed E-state index contributed by atoms with van der Waals surface area (Å²) in [6, 6.07) is 7.26. The largest absolute Gasteiger partial charge is 0.497 e. The van der Waals surface area contributed by atoms with Crippen molar-refractivity contribution in [1.82, 2.24) is 5.32 Å². The van der Waals surface area contributed by atoms with Gasteiger partial charge in [0.05, 0.1) is 14.2 Å². The first kappa shape index (κ1) is 19.0. The third-order valence-electron chi connectivity index (χ3n) is 3.69. The summed E-state index contributed by atoms with van der Waals surface area (Å²) in [4.78, 5) is 24.7. The fraction of sp³-hybridized carbons (Fsp3) is 0.529. The number of nitrogens with one attached hydrogen (secondary N) is 3. The van der Waals surface area contributed by atoms with Crippen molar-refractivity contribution in [1.29, 1.82) is 0 Å². The first-order valence-electron chi connectivity index (χ1n) is 7.86. The Bertz CT molecular complexity index is 514. The Morgan fingerprint density at radius 3 is 2.17 bits per heavy atom. The van der Waals surface area contributed by atoms with Crippen LogP contribution in [0.2, 0.25) is 0 Å². The first-order chi connectivity index (χ1) is 10.8. The Balaban J connectivity index is 2.39. The van der Waals surface area contributed by atoms with Gasteiger partial charge >= 0.3 is 0 Å². The quantitative estimate of drug-likeness (QED) is 0.645. The lowest BCUT2D eigenvalue weighted by Gasteiger charge is -2.19. The second-order valence-electron chi connectivity index (χ2n) is 6.19. The molecule has 1 unspecified atom stereocenters. The van der Waals surface area contributed by atoms with Gasteiger partial charge in [0.15, 0.2) is 13.1 Å². The zero-order chi connectivity index (χ0) is 17.4. The SMILES string of the molecule is COc1ccc(NC(=O)C[NH+](C)CC(=O)N[C@@H](C)C(C)C)cc1. The van der Waals surface area contributed by atoms with Crippen LogP contribution in [0.25, 0.3) is 0 Å². The molecule has 0 bridgehead atoms. The predicted molar refractivity (Wildman–Crippen MR) is 90.7 cm³/mol. The first-order valence-corrected chi connectivity index (χ1v) is 7.86. The smallest absolute Gasteiger partial charge is 0.279 e. The molecule has 0 aliphatic heterocycles. The van der Waals surface area contributed by atoms with E-state index >= 15 is 0 Å². The predicted octanol–water partition coefficient (Wildman–Crippen LogP) is 0.309. The second-order valence-corrected chi connectivity index (χ2v) is 6.19. The Hall–Kier alpha value is -2.08. The fourth-order valence-electron chi connectivity index (χ4n) is 1.96. The van der Waals surface area contributed by atoms with Gasteiger partial charge in [0, 0.05) is 11.7 Å². The normalized spacial score (nSPS) is 13.3. The highest BCUT2D eigenvalue weighted by Crippen LogP contribution is 2.14. The van der Waals surface area contributed by atoms with E-state index in [0.29, 0.717) is 11.6 Å². The molecule has 1 aromatic rings. The van der Waals surface area contributed by atoms with Crippen LogP contribution in [-0.4, -0.2) is 45.1 Å². The number of anilines is 1. The molecule has 0 saturated heterocycles. The molecule has 0 fully saturated rings. The number of amides is 2.